The molecule has 1 aromatic heterocycles. The van der Waals surface area contributed by atoms with Gasteiger partial charge in [0.25, 0.3) is 5.91 Å². The van der Waals surface area contributed by atoms with Gasteiger partial charge in [-0.05, 0) is 111 Å². The van der Waals surface area contributed by atoms with Crippen LogP contribution in [0.4, 0.5) is 0 Å². The second-order valence-corrected chi connectivity index (χ2v) is 12.7. The Balaban J connectivity index is 1.43. The van der Waals surface area contributed by atoms with Gasteiger partial charge in [-0.3, -0.25) is 14.5 Å². The molecule has 3 saturated carbocycles. The smallest absolute Gasteiger partial charge is 0.255 e. The van der Waals surface area contributed by atoms with E-state index in [0.29, 0.717) is 23.3 Å². The van der Waals surface area contributed by atoms with E-state index >= 15 is 0 Å². The van der Waals surface area contributed by atoms with Crippen molar-refractivity contribution < 1.29 is 9.90 Å². The Morgan fingerprint density at radius 1 is 1.11 bits per heavy atom. The number of carbonyl (C=O) groups is 1. The molecule has 1 amide bonds. The molecule has 5 unspecified atom stereocenters. The van der Waals surface area contributed by atoms with Gasteiger partial charge in [-0.15, -0.1) is 0 Å². The van der Waals surface area contributed by atoms with Crippen LogP contribution in [0.25, 0.3) is 0 Å². The van der Waals surface area contributed by atoms with Gasteiger partial charge in [0.2, 0.25) is 5.56 Å². The lowest BCUT2D eigenvalue weighted by Crippen LogP contribution is -2.67. The van der Waals surface area contributed by atoms with Crippen LogP contribution in [-0.4, -0.2) is 57.6 Å². The van der Waals surface area contributed by atoms with Crippen molar-refractivity contribution in [3.8, 4) is 5.75 Å². The molecule has 204 valence electrons. The van der Waals surface area contributed by atoms with Crippen LogP contribution in [0, 0.1) is 17.3 Å². The number of phenols is 1. The summed E-state index contributed by atoms with van der Waals surface area (Å²) in [6.07, 6.45) is 10.8. The number of rotatable bonds is 6. The lowest BCUT2D eigenvalue weighted by molar-refractivity contribution is -0.0893. The van der Waals surface area contributed by atoms with Crippen molar-refractivity contribution in [1.29, 1.82) is 0 Å². The molecule has 1 aliphatic heterocycles. The van der Waals surface area contributed by atoms with Crippen LogP contribution in [0.3, 0.4) is 0 Å². The zero-order valence-electron chi connectivity index (χ0n) is 23.4. The van der Waals surface area contributed by atoms with Gasteiger partial charge in [0, 0.05) is 50.4 Å². The molecular formula is C32H43N3O3. The fourth-order valence-electron chi connectivity index (χ4n) is 9.13. The van der Waals surface area contributed by atoms with Gasteiger partial charge in [0.15, 0.2) is 0 Å². The van der Waals surface area contributed by atoms with Gasteiger partial charge < -0.3 is 14.6 Å². The molecule has 1 aromatic carbocycles. The van der Waals surface area contributed by atoms with Crippen LogP contribution in [0.5, 0.6) is 5.75 Å². The van der Waals surface area contributed by atoms with Crippen molar-refractivity contribution in [3.63, 3.8) is 0 Å². The van der Waals surface area contributed by atoms with E-state index in [9.17, 15) is 14.7 Å². The minimum Gasteiger partial charge on any atom is -0.508 e. The third-order valence-electron chi connectivity index (χ3n) is 11.2. The Bertz CT molecular complexity index is 1300. The maximum absolute atomic E-state index is 13.8. The molecule has 1 saturated heterocycles. The SMILES string of the molecule is CCc1ccc(O)cc1C12CCN(CC3CC3)C(C)C13CCC(N(C)C(=O)c1ccc(=O)n(C)c1)C2CC3. The molecule has 38 heavy (non-hydrogen) atoms. The summed E-state index contributed by atoms with van der Waals surface area (Å²) in [6, 6.07) is 9.82. The van der Waals surface area contributed by atoms with E-state index in [0.717, 1.165) is 44.6 Å². The summed E-state index contributed by atoms with van der Waals surface area (Å²) in [5.74, 6) is 1.56. The fraction of sp³-hybridized carbons (Fsp3) is 0.625. The van der Waals surface area contributed by atoms with Crippen molar-refractivity contribution in [1.82, 2.24) is 14.4 Å². The summed E-state index contributed by atoms with van der Waals surface area (Å²) < 4.78 is 1.49. The van der Waals surface area contributed by atoms with Crippen LogP contribution < -0.4 is 5.56 Å². The quantitative estimate of drug-likeness (QED) is 0.602. The summed E-state index contributed by atoms with van der Waals surface area (Å²) in [7, 11) is 3.66. The molecule has 4 aliphatic rings. The normalized spacial score (nSPS) is 32.7. The van der Waals surface area contributed by atoms with Crippen molar-refractivity contribution in [2.45, 2.75) is 82.7 Å². The number of hydrogen-bond donors (Lipinski definition) is 1. The van der Waals surface area contributed by atoms with E-state index in [4.69, 9.17) is 0 Å². The molecule has 2 aromatic rings. The number of piperidine rings is 1. The molecule has 5 atom stereocenters. The van der Waals surface area contributed by atoms with Crippen LogP contribution in [-0.2, 0) is 18.9 Å². The first-order chi connectivity index (χ1) is 18.2. The number of benzene rings is 1. The number of likely N-dealkylation sites (tertiary alicyclic amines) is 1. The zero-order chi connectivity index (χ0) is 26.8. The number of pyridine rings is 1. The van der Waals surface area contributed by atoms with Crippen molar-refractivity contribution in [2.24, 2.45) is 24.3 Å². The number of carbonyl (C=O) groups excluding carboxylic acids is 1. The summed E-state index contributed by atoms with van der Waals surface area (Å²) in [6.45, 7) is 7.01. The average Bonchev–Trinajstić information content (AvgIpc) is 3.71. The molecule has 0 radical (unpaired) electrons. The molecule has 2 heterocycles. The number of aryl methyl sites for hydroxylation is 2. The zero-order valence-corrected chi connectivity index (χ0v) is 23.4. The van der Waals surface area contributed by atoms with Crippen LogP contribution in [0.2, 0.25) is 0 Å². The second kappa shape index (κ2) is 9.25. The van der Waals surface area contributed by atoms with E-state index in [-0.39, 0.29) is 28.3 Å². The first-order valence-corrected chi connectivity index (χ1v) is 14.7. The van der Waals surface area contributed by atoms with Crippen LogP contribution in [0.1, 0.15) is 80.3 Å². The standard InChI is InChI=1S/C32H43N3O3/c1-5-23-8-10-25(36)18-27(23)32-16-17-35(19-22-6-7-22)21(2)31(32)14-12-26(32)28(13-15-31)34(4)30(38)24-9-11-29(37)33(3)20-24/h8-11,18,20-22,26,28,36H,5-7,12-17,19H2,1-4H3. The largest absolute Gasteiger partial charge is 0.508 e. The molecule has 6 heteroatoms. The number of hydrogen-bond acceptors (Lipinski definition) is 4. The highest BCUT2D eigenvalue weighted by Gasteiger charge is 2.69. The van der Waals surface area contributed by atoms with E-state index in [1.54, 1.807) is 19.3 Å². The minimum absolute atomic E-state index is 0.00834. The molecule has 0 spiro atoms. The lowest BCUT2D eigenvalue weighted by atomic mass is 9.46. The van der Waals surface area contributed by atoms with Crippen LogP contribution >= 0.6 is 0 Å². The number of phenolic OH excluding ortho intramolecular Hbond substituents is 1. The second-order valence-electron chi connectivity index (χ2n) is 12.7. The minimum atomic E-state index is -0.107. The van der Waals surface area contributed by atoms with E-state index in [1.807, 2.05) is 18.0 Å². The predicted octanol–water partition coefficient (Wildman–Crippen LogP) is 4.73. The summed E-state index contributed by atoms with van der Waals surface area (Å²) in [4.78, 5) is 30.5. The molecule has 6 rings (SSSR count). The topological polar surface area (TPSA) is 65.8 Å². The van der Waals surface area contributed by atoms with Gasteiger partial charge >= 0.3 is 0 Å². The fourth-order valence-corrected chi connectivity index (χ4v) is 9.13. The van der Waals surface area contributed by atoms with Crippen molar-refractivity contribution in [3.05, 3.63) is 63.6 Å². The molecule has 4 fully saturated rings. The van der Waals surface area contributed by atoms with Gasteiger partial charge in [-0.1, -0.05) is 13.0 Å². The highest BCUT2D eigenvalue weighted by atomic mass is 16.3. The van der Waals surface area contributed by atoms with Crippen molar-refractivity contribution >= 4 is 5.91 Å². The lowest BCUT2D eigenvalue weighted by Gasteiger charge is -2.64. The first-order valence-electron chi connectivity index (χ1n) is 14.7. The van der Waals surface area contributed by atoms with Crippen molar-refractivity contribution in [2.75, 3.05) is 20.1 Å². The summed E-state index contributed by atoms with van der Waals surface area (Å²) >= 11 is 0. The van der Waals surface area contributed by atoms with Gasteiger partial charge in [-0.25, -0.2) is 0 Å². The Hall–Kier alpha value is -2.60. The maximum atomic E-state index is 13.8. The monoisotopic (exact) mass is 517 g/mol. The highest BCUT2D eigenvalue weighted by molar-refractivity contribution is 5.94. The molecular weight excluding hydrogens is 474 g/mol. The maximum Gasteiger partial charge on any atom is 0.255 e. The van der Waals surface area contributed by atoms with E-state index < -0.39 is 0 Å². The number of amides is 1. The van der Waals surface area contributed by atoms with Gasteiger partial charge in [0.1, 0.15) is 5.75 Å². The van der Waals surface area contributed by atoms with E-state index in [1.165, 1.54) is 47.6 Å². The van der Waals surface area contributed by atoms with Gasteiger partial charge in [0.05, 0.1) is 5.56 Å². The number of aromatic nitrogens is 1. The Labute approximate surface area is 226 Å². The molecule has 2 bridgehead atoms. The Morgan fingerprint density at radius 3 is 2.58 bits per heavy atom. The Morgan fingerprint density at radius 2 is 1.87 bits per heavy atom. The first kappa shape index (κ1) is 25.7. The number of nitrogens with zero attached hydrogens (tertiary/aromatic N) is 3. The summed E-state index contributed by atoms with van der Waals surface area (Å²) in [5, 5.41) is 10.7. The molecule has 6 nitrogen and oxygen atoms in total. The molecule has 3 aliphatic carbocycles. The van der Waals surface area contributed by atoms with Gasteiger partial charge in [-0.2, -0.15) is 0 Å². The third kappa shape index (κ3) is 3.70. The van der Waals surface area contributed by atoms with E-state index in [2.05, 4.69) is 30.9 Å². The number of aromatic hydroxyl groups is 1. The summed E-state index contributed by atoms with van der Waals surface area (Å²) in [5.41, 5.74) is 3.24. The Kier molecular flexibility index (Phi) is 6.25. The highest BCUT2D eigenvalue weighted by Crippen LogP contribution is 2.70. The molecule has 1 N–H and O–H groups in total. The average molecular weight is 518 g/mol. The van der Waals surface area contributed by atoms with Crippen LogP contribution in [0.15, 0.2) is 41.3 Å². The third-order valence-corrected chi connectivity index (χ3v) is 11.2. The predicted molar refractivity (Wildman–Crippen MR) is 149 cm³/mol.